The summed E-state index contributed by atoms with van der Waals surface area (Å²) in [5.41, 5.74) is 1.07. The lowest BCUT2D eigenvalue weighted by molar-refractivity contribution is -0.0215. The highest BCUT2D eigenvalue weighted by Crippen LogP contribution is 2.20. The average molecular weight is 256 g/mol. The van der Waals surface area contributed by atoms with Gasteiger partial charge in [0, 0.05) is 37.7 Å². The van der Waals surface area contributed by atoms with E-state index >= 15 is 0 Å². The van der Waals surface area contributed by atoms with Crippen LogP contribution in [0.2, 0.25) is 0 Å². The third-order valence-electron chi connectivity index (χ3n) is 2.79. The molecular weight excluding hydrogens is 236 g/mol. The molecule has 1 aromatic heterocycles. The molecule has 0 amide bonds. The van der Waals surface area contributed by atoms with E-state index in [1.807, 2.05) is 0 Å². The molecule has 1 atom stereocenters. The van der Waals surface area contributed by atoms with Crippen molar-refractivity contribution in [2.24, 2.45) is 0 Å². The molecule has 96 valence electrons. The molecule has 0 aromatic carbocycles. The summed E-state index contributed by atoms with van der Waals surface area (Å²) in [7, 11) is 0. The van der Waals surface area contributed by atoms with E-state index in [0.29, 0.717) is 6.10 Å². The van der Waals surface area contributed by atoms with Crippen LogP contribution in [0.5, 0.6) is 0 Å². The first kappa shape index (κ1) is 12.7. The third-order valence-corrected chi connectivity index (χ3v) is 3.52. The summed E-state index contributed by atoms with van der Waals surface area (Å²) in [4.78, 5) is 2.38. The zero-order valence-corrected chi connectivity index (χ0v) is 11.3. The molecule has 17 heavy (non-hydrogen) atoms. The van der Waals surface area contributed by atoms with Crippen molar-refractivity contribution in [3.63, 3.8) is 0 Å². The van der Waals surface area contributed by atoms with Crippen molar-refractivity contribution < 1.29 is 4.74 Å². The number of ether oxygens (including phenoxy) is 1. The Hall–Kier alpha value is -0.720. The van der Waals surface area contributed by atoms with E-state index in [4.69, 9.17) is 4.74 Å². The van der Waals surface area contributed by atoms with Gasteiger partial charge in [0.1, 0.15) is 10.7 Å². The van der Waals surface area contributed by atoms with Crippen LogP contribution in [0.4, 0.5) is 5.00 Å². The fourth-order valence-electron chi connectivity index (χ4n) is 1.93. The third kappa shape index (κ3) is 3.62. The van der Waals surface area contributed by atoms with E-state index in [2.05, 4.69) is 33.7 Å². The average Bonchev–Trinajstić information content (AvgIpc) is 2.74. The van der Waals surface area contributed by atoms with E-state index in [-0.39, 0.29) is 0 Å². The van der Waals surface area contributed by atoms with Gasteiger partial charge < -0.3 is 10.1 Å². The molecule has 0 radical (unpaired) electrons. The lowest BCUT2D eigenvalue weighted by atomic mass is 10.3. The van der Waals surface area contributed by atoms with Crippen molar-refractivity contribution >= 4 is 16.5 Å². The molecule has 0 bridgehead atoms. The van der Waals surface area contributed by atoms with Gasteiger partial charge in [0.2, 0.25) is 0 Å². The predicted molar refractivity (Wildman–Crippen MR) is 69.4 cm³/mol. The summed E-state index contributed by atoms with van der Waals surface area (Å²) in [5, 5.41) is 8.71. The molecule has 1 saturated heterocycles. The molecule has 0 saturated carbocycles. The van der Waals surface area contributed by atoms with Crippen LogP contribution in [0.1, 0.15) is 26.0 Å². The molecule has 0 aliphatic carbocycles. The molecule has 0 spiro atoms. The van der Waals surface area contributed by atoms with E-state index in [1.165, 1.54) is 11.5 Å². The molecule has 2 rings (SSSR count). The maximum atomic E-state index is 5.53. The summed E-state index contributed by atoms with van der Waals surface area (Å²) >= 11 is 1.45. The normalized spacial score (nSPS) is 21.6. The summed E-state index contributed by atoms with van der Waals surface area (Å²) in [6, 6.07) is 0. The van der Waals surface area contributed by atoms with Gasteiger partial charge in [0.25, 0.3) is 0 Å². The summed E-state index contributed by atoms with van der Waals surface area (Å²) in [6.45, 7) is 8.90. The second-order valence-electron chi connectivity index (χ2n) is 4.39. The van der Waals surface area contributed by atoms with Crippen LogP contribution in [-0.4, -0.2) is 46.8 Å². The van der Waals surface area contributed by atoms with Gasteiger partial charge in [-0.05, 0) is 13.3 Å². The predicted octanol–water partition coefficient (Wildman–Crippen LogP) is 1.58. The van der Waals surface area contributed by atoms with E-state index in [0.717, 1.165) is 49.9 Å². The number of morpholine rings is 1. The Morgan fingerprint density at radius 1 is 1.59 bits per heavy atom. The van der Waals surface area contributed by atoms with E-state index < -0.39 is 0 Å². The Morgan fingerprint density at radius 3 is 3.24 bits per heavy atom. The SMILES string of the molecule is CCCNc1snnc1CN1CCOC(C)C1. The molecule has 2 heterocycles. The highest BCUT2D eigenvalue weighted by molar-refractivity contribution is 7.10. The standard InChI is InChI=1S/C11H20N4OS/c1-3-4-12-11-10(13-14-17-11)8-15-5-6-16-9(2)7-15/h9,12H,3-8H2,1-2H3. The Bertz CT molecular complexity index is 344. The van der Waals surface area contributed by atoms with Gasteiger partial charge in [-0.1, -0.05) is 11.4 Å². The van der Waals surface area contributed by atoms with Gasteiger partial charge >= 0.3 is 0 Å². The zero-order valence-electron chi connectivity index (χ0n) is 10.5. The minimum atomic E-state index is 0.322. The Morgan fingerprint density at radius 2 is 2.47 bits per heavy atom. The monoisotopic (exact) mass is 256 g/mol. The smallest absolute Gasteiger partial charge is 0.134 e. The number of nitrogens with zero attached hydrogens (tertiary/aromatic N) is 3. The van der Waals surface area contributed by atoms with Crippen LogP contribution < -0.4 is 5.32 Å². The van der Waals surface area contributed by atoms with Crippen molar-refractivity contribution in [2.45, 2.75) is 32.9 Å². The highest BCUT2D eigenvalue weighted by Gasteiger charge is 2.19. The minimum absolute atomic E-state index is 0.322. The quantitative estimate of drug-likeness (QED) is 0.867. The van der Waals surface area contributed by atoms with Crippen molar-refractivity contribution in [1.29, 1.82) is 0 Å². The molecule has 5 nitrogen and oxygen atoms in total. The largest absolute Gasteiger partial charge is 0.376 e. The van der Waals surface area contributed by atoms with Gasteiger partial charge in [-0.2, -0.15) is 0 Å². The van der Waals surface area contributed by atoms with Crippen LogP contribution in [0.25, 0.3) is 0 Å². The number of hydrogen-bond acceptors (Lipinski definition) is 6. The number of aromatic nitrogens is 2. The van der Waals surface area contributed by atoms with Crippen molar-refractivity contribution in [1.82, 2.24) is 14.5 Å². The molecular formula is C11H20N4OS. The zero-order chi connectivity index (χ0) is 12.1. The number of hydrogen-bond donors (Lipinski definition) is 1. The van der Waals surface area contributed by atoms with Crippen molar-refractivity contribution in [2.75, 3.05) is 31.6 Å². The molecule has 1 unspecified atom stereocenters. The number of rotatable bonds is 5. The molecule has 1 fully saturated rings. The second-order valence-corrected chi connectivity index (χ2v) is 5.15. The highest BCUT2D eigenvalue weighted by atomic mass is 32.1. The Kier molecular flexibility index (Phi) is 4.70. The Balaban J connectivity index is 1.91. The number of anilines is 1. The van der Waals surface area contributed by atoms with Crippen molar-refractivity contribution in [3.8, 4) is 0 Å². The van der Waals surface area contributed by atoms with Crippen LogP contribution in [0.3, 0.4) is 0 Å². The minimum Gasteiger partial charge on any atom is -0.376 e. The van der Waals surface area contributed by atoms with Crippen LogP contribution in [0, 0.1) is 0 Å². The molecule has 1 aliphatic heterocycles. The van der Waals surface area contributed by atoms with Crippen LogP contribution in [-0.2, 0) is 11.3 Å². The first-order valence-corrected chi connectivity index (χ1v) is 6.96. The molecule has 6 heteroatoms. The first-order valence-electron chi connectivity index (χ1n) is 6.18. The summed E-state index contributed by atoms with van der Waals surface area (Å²) < 4.78 is 9.56. The molecule has 1 aliphatic rings. The van der Waals surface area contributed by atoms with Gasteiger partial charge in [-0.3, -0.25) is 4.90 Å². The maximum absolute atomic E-state index is 5.53. The maximum Gasteiger partial charge on any atom is 0.134 e. The van der Waals surface area contributed by atoms with Crippen molar-refractivity contribution in [3.05, 3.63) is 5.69 Å². The van der Waals surface area contributed by atoms with Gasteiger partial charge in [0.05, 0.1) is 12.7 Å². The lowest BCUT2D eigenvalue weighted by Crippen LogP contribution is -2.40. The summed E-state index contributed by atoms with van der Waals surface area (Å²) in [6.07, 6.45) is 1.44. The van der Waals surface area contributed by atoms with Gasteiger partial charge in [-0.25, -0.2) is 0 Å². The number of nitrogens with one attached hydrogen (secondary N) is 1. The van der Waals surface area contributed by atoms with Gasteiger partial charge in [0.15, 0.2) is 0 Å². The molecule has 1 aromatic rings. The fraction of sp³-hybridized carbons (Fsp3) is 0.818. The summed E-state index contributed by atoms with van der Waals surface area (Å²) in [5.74, 6) is 0. The molecule has 1 N–H and O–H groups in total. The van der Waals surface area contributed by atoms with E-state index in [1.54, 1.807) is 0 Å². The lowest BCUT2D eigenvalue weighted by Gasteiger charge is -2.30. The Labute approximate surface area is 106 Å². The van der Waals surface area contributed by atoms with E-state index in [9.17, 15) is 0 Å². The van der Waals surface area contributed by atoms with Crippen LogP contribution in [0.15, 0.2) is 0 Å². The van der Waals surface area contributed by atoms with Gasteiger partial charge in [-0.15, -0.1) is 5.10 Å². The fourth-order valence-corrected chi connectivity index (χ4v) is 2.53. The second kappa shape index (κ2) is 6.28. The topological polar surface area (TPSA) is 50.3 Å². The van der Waals surface area contributed by atoms with Crippen LogP contribution >= 0.6 is 11.5 Å². The first-order chi connectivity index (χ1) is 8.29.